The van der Waals surface area contributed by atoms with Crippen LogP contribution in [0, 0.1) is 0 Å². The van der Waals surface area contributed by atoms with Crippen LogP contribution >= 0.6 is 34.5 Å². The number of thiophene rings is 1. The van der Waals surface area contributed by atoms with Gasteiger partial charge in [0.2, 0.25) is 0 Å². The third-order valence-electron chi connectivity index (χ3n) is 4.89. The van der Waals surface area contributed by atoms with Gasteiger partial charge in [-0.3, -0.25) is 4.98 Å². The summed E-state index contributed by atoms with van der Waals surface area (Å²) in [6, 6.07) is 19.4. The summed E-state index contributed by atoms with van der Waals surface area (Å²) in [5.41, 5.74) is 5.03. The Hall–Kier alpha value is -2.17. The second kappa shape index (κ2) is 9.10. The lowest BCUT2D eigenvalue weighted by Gasteiger charge is -2.15. The van der Waals surface area contributed by atoms with Gasteiger partial charge in [0.15, 0.2) is 0 Å². The van der Waals surface area contributed by atoms with Gasteiger partial charge >= 0.3 is 0 Å². The highest BCUT2D eigenvalue weighted by atomic mass is 35.5. The first-order valence-electron chi connectivity index (χ1n) is 9.30. The van der Waals surface area contributed by atoms with Gasteiger partial charge in [-0.25, -0.2) is 0 Å². The maximum Gasteiger partial charge on any atom is 0.107 e. The van der Waals surface area contributed by atoms with Crippen molar-refractivity contribution in [2.75, 3.05) is 0 Å². The number of aliphatic hydroxyl groups excluding tert-OH is 1. The highest BCUT2D eigenvalue weighted by Gasteiger charge is 2.22. The van der Waals surface area contributed by atoms with Crippen molar-refractivity contribution in [3.63, 3.8) is 0 Å². The number of pyridine rings is 1. The van der Waals surface area contributed by atoms with E-state index < -0.39 is 6.10 Å². The van der Waals surface area contributed by atoms with Gasteiger partial charge in [-0.05, 0) is 65.2 Å². The van der Waals surface area contributed by atoms with E-state index in [1.54, 1.807) is 23.7 Å². The Morgan fingerprint density at radius 2 is 1.59 bits per heavy atom. The van der Waals surface area contributed by atoms with E-state index in [1.807, 2.05) is 60.7 Å². The van der Waals surface area contributed by atoms with Gasteiger partial charge in [0, 0.05) is 38.4 Å². The molecule has 2 heterocycles. The van der Waals surface area contributed by atoms with E-state index in [4.69, 9.17) is 23.2 Å². The van der Waals surface area contributed by atoms with Gasteiger partial charge in [-0.2, -0.15) is 0 Å². The van der Waals surface area contributed by atoms with Gasteiger partial charge in [-0.15, -0.1) is 11.3 Å². The number of hydrogen-bond acceptors (Lipinski definition) is 3. The normalized spacial score (nSPS) is 12.1. The first-order valence-corrected chi connectivity index (χ1v) is 10.9. The van der Waals surface area contributed by atoms with E-state index in [9.17, 15) is 5.11 Å². The summed E-state index contributed by atoms with van der Waals surface area (Å²) in [7, 11) is 0. The molecule has 29 heavy (non-hydrogen) atoms. The van der Waals surface area contributed by atoms with Gasteiger partial charge in [0.05, 0.1) is 0 Å². The molecule has 0 radical (unpaired) electrons. The van der Waals surface area contributed by atoms with Crippen molar-refractivity contribution in [3.8, 4) is 11.1 Å². The van der Waals surface area contributed by atoms with E-state index in [2.05, 4.69) is 10.4 Å². The van der Waals surface area contributed by atoms with E-state index in [1.165, 1.54) is 10.4 Å². The Morgan fingerprint density at radius 3 is 2.24 bits per heavy atom. The minimum absolute atomic E-state index is 0.696. The number of halogens is 2. The van der Waals surface area contributed by atoms with Crippen molar-refractivity contribution in [2.45, 2.75) is 18.9 Å². The van der Waals surface area contributed by atoms with Crippen LogP contribution < -0.4 is 0 Å². The second-order valence-corrected chi connectivity index (χ2v) is 8.65. The molecule has 0 spiro atoms. The van der Waals surface area contributed by atoms with Crippen molar-refractivity contribution in [3.05, 3.63) is 110 Å². The molecule has 0 saturated heterocycles. The fourth-order valence-electron chi connectivity index (χ4n) is 3.37. The van der Waals surface area contributed by atoms with E-state index >= 15 is 0 Å². The lowest BCUT2D eigenvalue weighted by Crippen LogP contribution is -2.04. The zero-order valence-corrected chi connectivity index (χ0v) is 17.9. The molecule has 2 nitrogen and oxygen atoms in total. The Kier molecular flexibility index (Phi) is 6.31. The van der Waals surface area contributed by atoms with Crippen molar-refractivity contribution in [1.82, 2.24) is 4.98 Å². The van der Waals surface area contributed by atoms with E-state index in [0.717, 1.165) is 40.1 Å². The van der Waals surface area contributed by atoms with Crippen LogP contribution in [-0.2, 0) is 12.8 Å². The van der Waals surface area contributed by atoms with Gasteiger partial charge in [0.25, 0.3) is 0 Å². The van der Waals surface area contributed by atoms with Crippen molar-refractivity contribution >= 4 is 34.5 Å². The molecule has 0 aliphatic heterocycles. The Balaban J connectivity index is 1.70. The molecule has 4 aromatic rings. The minimum atomic E-state index is -0.735. The maximum absolute atomic E-state index is 11.2. The smallest absolute Gasteiger partial charge is 0.107 e. The topological polar surface area (TPSA) is 33.1 Å². The summed E-state index contributed by atoms with van der Waals surface area (Å²) in [5.74, 6) is 0. The standard InChI is InChI=1S/C24H19Cl2NOS/c25-19-8-3-16(4-9-19)5-12-22-23(24(28)18-2-1-13-27-14-18)21(15-29-22)17-6-10-20(26)11-7-17/h1-4,6-11,13-15,24,28H,5,12H2. The molecule has 0 aliphatic carbocycles. The van der Waals surface area contributed by atoms with Gasteiger partial charge < -0.3 is 5.11 Å². The largest absolute Gasteiger partial charge is 0.384 e. The van der Waals surface area contributed by atoms with Crippen LogP contribution in [0.4, 0.5) is 0 Å². The van der Waals surface area contributed by atoms with Crippen LogP contribution in [0.1, 0.15) is 27.7 Å². The Morgan fingerprint density at radius 1 is 0.897 bits per heavy atom. The molecule has 2 aromatic heterocycles. The second-order valence-electron chi connectivity index (χ2n) is 6.81. The summed E-state index contributed by atoms with van der Waals surface area (Å²) in [6.07, 6.45) is 4.42. The minimum Gasteiger partial charge on any atom is -0.384 e. The summed E-state index contributed by atoms with van der Waals surface area (Å²) in [5, 5.41) is 14.8. The van der Waals surface area contributed by atoms with Crippen LogP contribution in [0.2, 0.25) is 10.0 Å². The number of aromatic nitrogens is 1. The summed E-state index contributed by atoms with van der Waals surface area (Å²) in [6.45, 7) is 0. The first kappa shape index (κ1) is 20.1. The molecule has 5 heteroatoms. The first-order chi connectivity index (χ1) is 14.1. The lowest BCUT2D eigenvalue weighted by molar-refractivity contribution is 0.220. The van der Waals surface area contributed by atoms with Gasteiger partial charge in [-0.1, -0.05) is 53.5 Å². The van der Waals surface area contributed by atoms with E-state index in [-0.39, 0.29) is 0 Å². The van der Waals surface area contributed by atoms with Crippen LogP contribution in [0.3, 0.4) is 0 Å². The predicted molar refractivity (Wildman–Crippen MR) is 122 cm³/mol. The summed E-state index contributed by atoms with van der Waals surface area (Å²) in [4.78, 5) is 5.34. The maximum atomic E-state index is 11.2. The quantitative estimate of drug-likeness (QED) is 0.351. The monoisotopic (exact) mass is 439 g/mol. The van der Waals surface area contributed by atoms with Gasteiger partial charge in [0.1, 0.15) is 6.10 Å². The molecule has 0 saturated carbocycles. The van der Waals surface area contributed by atoms with Crippen molar-refractivity contribution in [2.24, 2.45) is 0 Å². The molecule has 146 valence electrons. The molecular formula is C24H19Cl2NOS. The number of benzene rings is 2. The Bertz CT molecular complexity index is 1080. The molecule has 1 unspecified atom stereocenters. The number of aliphatic hydroxyl groups is 1. The molecule has 1 N–H and O–H groups in total. The third kappa shape index (κ3) is 4.71. The fraction of sp³-hybridized carbons (Fsp3) is 0.125. The number of aryl methyl sites for hydroxylation is 2. The zero-order valence-electron chi connectivity index (χ0n) is 15.6. The molecule has 0 fully saturated rings. The number of nitrogens with zero attached hydrogens (tertiary/aromatic N) is 1. The van der Waals surface area contributed by atoms with Crippen LogP contribution in [-0.4, -0.2) is 10.1 Å². The van der Waals surface area contributed by atoms with Crippen molar-refractivity contribution in [1.29, 1.82) is 0 Å². The molecule has 4 rings (SSSR count). The summed E-state index contributed by atoms with van der Waals surface area (Å²) >= 11 is 13.7. The van der Waals surface area contributed by atoms with Crippen LogP contribution in [0.15, 0.2) is 78.4 Å². The number of hydrogen-bond donors (Lipinski definition) is 1. The molecule has 0 amide bonds. The molecular weight excluding hydrogens is 421 g/mol. The zero-order chi connectivity index (χ0) is 20.2. The summed E-state index contributed by atoms with van der Waals surface area (Å²) < 4.78 is 0. The highest BCUT2D eigenvalue weighted by molar-refractivity contribution is 7.10. The molecule has 2 aromatic carbocycles. The molecule has 1 atom stereocenters. The van der Waals surface area contributed by atoms with E-state index in [0.29, 0.717) is 5.02 Å². The average molecular weight is 440 g/mol. The number of rotatable bonds is 6. The average Bonchev–Trinajstić information content (AvgIpc) is 3.18. The van der Waals surface area contributed by atoms with Crippen molar-refractivity contribution < 1.29 is 5.11 Å². The molecule has 0 aliphatic rings. The predicted octanol–water partition coefficient (Wildman–Crippen LogP) is 6.98. The van der Waals surface area contributed by atoms with Crippen LogP contribution in [0.25, 0.3) is 11.1 Å². The Labute approximate surface area is 184 Å². The highest BCUT2D eigenvalue weighted by Crippen LogP contribution is 2.39. The van der Waals surface area contributed by atoms with Crippen LogP contribution in [0.5, 0.6) is 0 Å². The fourth-order valence-corrected chi connectivity index (χ4v) is 4.71. The SMILES string of the molecule is OC(c1cccnc1)c1c(-c2ccc(Cl)cc2)csc1CCc1ccc(Cl)cc1. The third-order valence-corrected chi connectivity index (χ3v) is 6.46. The lowest BCUT2D eigenvalue weighted by atomic mass is 9.93. The molecule has 0 bridgehead atoms.